The first-order valence-corrected chi connectivity index (χ1v) is 5.93. The lowest BCUT2D eigenvalue weighted by Crippen LogP contribution is -2.23. The van der Waals surface area contributed by atoms with Gasteiger partial charge in [-0.2, -0.15) is 4.98 Å². The van der Waals surface area contributed by atoms with Gasteiger partial charge in [0.15, 0.2) is 10.8 Å². The van der Waals surface area contributed by atoms with Crippen LogP contribution in [0.2, 0.25) is 0 Å². The number of nitrogen functional groups attached to an aromatic ring is 2. The third-order valence-corrected chi connectivity index (χ3v) is 2.66. The molecule has 0 saturated heterocycles. The zero-order valence-electron chi connectivity index (χ0n) is 10.9. The Bertz CT molecular complexity index is 723. The molecule has 0 unspecified atom stereocenters. The molecule has 9 nitrogen and oxygen atoms in total. The molecule has 21 heavy (non-hydrogen) atoms. The van der Waals surface area contributed by atoms with Gasteiger partial charge in [0.2, 0.25) is 10.9 Å². The predicted octanol–water partition coefficient (Wildman–Crippen LogP) is 0.753. The van der Waals surface area contributed by atoms with E-state index in [-0.39, 0.29) is 24.2 Å². The molecular formula is C12H13N8O+. The molecular weight excluding hydrogens is 272 g/mol. The van der Waals surface area contributed by atoms with E-state index in [1.165, 1.54) is 6.20 Å². The maximum absolute atomic E-state index is 12.1. The first kappa shape index (κ1) is 14.1. The summed E-state index contributed by atoms with van der Waals surface area (Å²) < 4.78 is 0. The summed E-state index contributed by atoms with van der Waals surface area (Å²) in [5.41, 5.74) is 19.0. The number of hydrogen-bond acceptors (Lipinski definition) is 7. The number of nitrogens with zero attached hydrogens (tertiary/aromatic N) is 4. The fraction of sp³-hybridized carbons (Fsp3) is 0.0833. The fourth-order valence-electron chi connectivity index (χ4n) is 1.65. The van der Waals surface area contributed by atoms with Crippen LogP contribution in [-0.4, -0.2) is 15.9 Å². The average Bonchev–Trinajstić information content (AvgIpc) is 2.47. The third-order valence-electron chi connectivity index (χ3n) is 2.66. The van der Waals surface area contributed by atoms with Crippen molar-refractivity contribution in [3.05, 3.63) is 41.6 Å². The first-order valence-electron chi connectivity index (χ1n) is 5.93. The van der Waals surface area contributed by atoms with Gasteiger partial charge in [-0.05, 0) is 12.1 Å². The highest BCUT2D eigenvalue weighted by atomic mass is 16.1. The number of benzene rings is 1. The van der Waals surface area contributed by atoms with Crippen LogP contribution in [0.4, 0.5) is 17.5 Å². The van der Waals surface area contributed by atoms with Crippen molar-refractivity contribution in [3.63, 3.8) is 0 Å². The zero-order chi connectivity index (χ0) is 15.2. The monoisotopic (exact) mass is 285 g/mol. The summed E-state index contributed by atoms with van der Waals surface area (Å²) in [7, 11) is 0. The van der Waals surface area contributed by atoms with Crippen molar-refractivity contribution in [1.29, 1.82) is 5.53 Å². The second-order valence-electron chi connectivity index (χ2n) is 4.04. The maximum Gasteiger partial charge on any atom is 0.254 e. The zero-order valence-corrected chi connectivity index (χ0v) is 10.9. The van der Waals surface area contributed by atoms with Crippen LogP contribution >= 0.6 is 0 Å². The van der Waals surface area contributed by atoms with Crippen LogP contribution in [0.15, 0.2) is 35.6 Å². The Balaban J connectivity index is 2.13. The van der Waals surface area contributed by atoms with E-state index >= 15 is 0 Å². The highest BCUT2D eigenvalue weighted by Crippen LogP contribution is 2.18. The quantitative estimate of drug-likeness (QED) is 0.481. The number of aromatic nitrogens is 2. The Morgan fingerprint density at radius 2 is 2.14 bits per heavy atom. The van der Waals surface area contributed by atoms with Crippen molar-refractivity contribution in [1.82, 2.24) is 20.2 Å². The van der Waals surface area contributed by atoms with Crippen molar-refractivity contribution in [3.8, 4) is 0 Å². The van der Waals surface area contributed by atoms with Gasteiger partial charge in [-0.25, -0.2) is 4.98 Å². The molecule has 0 fully saturated rings. The highest BCUT2D eigenvalue weighted by molar-refractivity contribution is 5.98. The molecule has 2 aromatic rings. The van der Waals surface area contributed by atoms with E-state index in [9.17, 15) is 4.79 Å². The Morgan fingerprint density at radius 3 is 2.86 bits per heavy atom. The molecule has 1 amide bonds. The van der Waals surface area contributed by atoms with Gasteiger partial charge in [0.25, 0.3) is 5.91 Å². The number of amides is 1. The van der Waals surface area contributed by atoms with Gasteiger partial charge in [0, 0.05) is 18.3 Å². The molecule has 0 spiro atoms. The average molecular weight is 285 g/mol. The molecule has 0 atom stereocenters. The first-order chi connectivity index (χ1) is 10.1. The number of rotatable bonds is 4. The lowest BCUT2D eigenvalue weighted by Gasteiger charge is -2.07. The van der Waals surface area contributed by atoms with Gasteiger partial charge in [-0.1, -0.05) is 12.1 Å². The molecule has 0 aliphatic rings. The maximum atomic E-state index is 12.1. The summed E-state index contributed by atoms with van der Waals surface area (Å²) in [6, 6.07) is 6.57. The minimum atomic E-state index is -0.366. The van der Waals surface area contributed by atoms with Crippen molar-refractivity contribution in [2.75, 3.05) is 11.5 Å². The van der Waals surface area contributed by atoms with E-state index in [1.807, 2.05) is 0 Å². The smallest absolute Gasteiger partial charge is 0.254 e. The number of carbonyl (C=O) groups excluding carboxylic acids is 1. The van der Waals surface area contributed by atoms with Crippen LogP contribution in [0.3, 0.4) is 0 Å². The number of anilines is 2. The van der Waals surface area contributed by atoms with E-state index in [0.717, 1.165) is 0 Å². The second-order valence-corrected chi connectivity index (χ2v) is 4.04. The van der Waals surface area contributed by atoms with E-state index in [1.54, 1.807) is 24.3 Å². The van der Waals surface area contributed by atoms with Crippen LogP contribution in [-0.2, 0) is 6.54 Å². The van der Waals surface area contributed by atoms with Gasteiger partial charge in [0.1, 0.15) is 11.3 Å². The minimum absolute atomic E-state index is 0.0729. The largest absolute Gasteiger partial charge is 0.383 e. The number of nitrogens with two attached hydrogens (primary N) is 2. The summed E-state index contributed by atoms with van der Waals surface area (Å²) in [5, 5.41) is 6.25. The molecule has 0 bridgehead atoms. The molecule has 106 valence electrons. The van der Waals surface area contributed by atoms with Crippen LogP contribution in [0.25, 0.3) is 0 Å². The van der Waals surface area contributed by atoms with Gasteiger partial charge in [0.05, 0.1) is 5.56 Å². The van der Waals surface area contributed by atoms with Crippen LogP contribution in [0.1, 0.15) is 15.9 Å². The molecule has 0 saturated carbocycles. The number of carbonyl (C=O) groups is 1. The Hall–Kier alpha value is -3.32. The molecule has 1 aromatic carbocycles. The number of hydrogen-bond donors (Lipinski definition) is 4. The Morgan fingerprint density at radius 1 is 1.38 bits per heavy atom. The summed E-state index contributed by atoms with van der Waals surface area (Å²) in [6.45, 7) is 0.150. The van der Waals surface area contributed by atoms with E-state index in [0.29, 0.717) is 16.8 Å². The predicted molar refractivity (Wildman–Crippen MR) is 75.4 cm³/mol. The Labute approximate surface area is 119 Å². The lowest BCUT2D eigenvalue weighted by atomic mass is 10.1. The number of nitrogens with one attached hydrogen (secondary N) is 2. The lowest BCUT2D eigenvalue weighted by molar-refractivity contribution is 0.0951. The van der Waals surface area contributed by atoms with Gasteiger partial charge in [-0.15, -0.1) is 0 Å². The Kier molecular flexibility index (Phi) is 4.17. The van der Waals surface area contributed by atoms with Gasteiger partial charge < -0.3 is 16.8 Å². The molecule has 6 N–H and O–H groups in total. The fourth-order valence-corrected chi connectivity index (χ4v) is 1.65. The van der Waals surface area contributed by atoms with Crippen molar-refractivity contribution < 1.29 is 4.79 Å². The second kappa shape index (κ2) is 6.22. The SMILES string of the molecule is N=[N+]=Nc1ccccc1C(=O)NCc1cnc(N)nc1N. The molecule has 0 aliphatic heterocycles. The molecule has 0 radical (unpaired) electrons. The highest BCUT2D eigenvalue weighted by Gasteiger charge is 2.14. The third kappa shape index (κ3) is 3.37. The summed E-state index contributed by atoms with van der Waals surface area (Å²) in [5.74, 6) is -0.0834. The van der Waals surface area contributed by atoms with E-state index in [2.05, 4.69) is 25.3 Å². The van der Waals surface area contributed by atoms with Crippen LogP contribution in [0.5, 0.6) is 0 Å². The van der Waals surface area contributed by atoms with Gasteiger partial charge in [-0.3, -0.25) is 4.79 Å². The normalized spacial score (nSPS) is 9.71. The summed E-state index contributed by atoms with van der Waals surface area (Å²) in [4.78, 5) is 22.7. The summed E-state index contributed by atoms with van der Waals surface area (Å²) in [6.07, 6.45) is 1.45. The standard InChI is InChI=1S/C12H12N8O/c13-10-7(6-17-12(14)18-10)5-16-11(21)8-3-1-2-4-9(8)19-20-15/h1-4,6,15H,5H2,(H4-,13,14,16,17,18,21)/p+1. The van der Waals surface area contributed by atoms with Gasteiger partial charge >= 0.3 is 0 Å². The van der Waals surface area contributed by atoms with E-state index < -0.39 is 0 Å². The van der Waals surface area contributed by atoms with Crippen molar-refractivity contribution in [2.24, 2.45) is 5.11 Å². The molecule has 2 rings (SSSR count). The summed E-state index contributed by atoms with van der Waals surface area (Å²) >= 11 is 0. The molecule has 0 aliphatic carbocycles. The molecule has 1 heterocycles. The van der Waals surface area contributed by atoms with Crippen molar-refractivity contribution in [2.45, 2.75) is 6.54 Å². The minimum Gasteiger partial charge on any atom is -0.383 e. The van der Waals surface area contributed by atoms with Crippen LogP contribution in [0, 0.1) is 5.53 Å². The topological polar surface area (TPSA) is 157 Å². The van der Waals surface area contributed by atoms with Crippen molar-refractivity contribution >= 4 is 23.4 Å². The van der Waals surface area contributed by atoms with E-state index in [4.69, 9.17) is 17.0 Å². The molecule has 1 aromatic heterocycles. The molecule has 9 heteroatoms. The van der Waals surface area contributed by atoms with Crippen LogP contribution < -0.4 is 21.7 Å².